The van der Waals surface area contributed by atoms with Crippen LogP contribution in [0.5, 0.6) is 5.75 Å². The quantitative estimate of drug-likeness (QED) is 0.751. The first-order valence-corrected chi connectivity index (χ1v) is 7.86. The molecular formula is C18H28N2O2. The van der Waals surface area contributed by atoms with Crippen LogP contribution in [0.1, 0.15) is 33.3 Å². The van der Waals surface area contributed by atoms with Gasteiger partial charge in [-0.1, -0.05) is 26.0 Å². The topological polar surface area (TPSA) is 41.6 Å². The van der Waals surface area contributed by atoms with Gasteiger partial charge in [0.05, 0.1) is 7.11 Å². The molecule has 22 heavy (non-hydrogen) atoms. The zero-order chi connectivity index (χ0) is 16.5. The first-order valence-electron chi connectivity index (χ1n) is 7.86. The van der Waals surface area contributed by atoms with Gasteiger partial charge in [0.25, 0.3) is 0 Å². The van der Waals surface area contributed by atoms with Crippen molar-refractivity contribution in [3.8, 4) is 5.75 Å². The SMILES string of the molecule is CCN(CC)C(C)CNC(=O)/C=C(\C)c1ccc(OC)cc1. The number of likely N-dealkylation sites (N-methyl/N-ethyl adjacent to an activating group) is 1. The molecule has 1 aromatic rings. The zero-order valence-corrected chi connectivity index (χ0v) is 14.3. The molecule has 0 radical (unpaired) electrons. The van der Waals surface area contributed by atoms with Crippen LogP contribution in [0.25, 0.3) is 5.57 Å². The number of ether oxygens (including phenoxy) is 1. The molecule has 4 heteroatoms. The standard InChI is InChI=1S/C18H28N2O2/c1-6-20(7-2)15(4)13-19-18(21)12-14(3)16-8-10-17(22-5)11-9-16/h8-12,15H,6-7,13H2,1-5H3,(H,19,21)/b14-12+. The number of hydrogen-bond donors (Lipinski definition) is 1. The van der Waals surface area contributed by atoms with Crippen LogP contribution in [0.15, 0.2) is 30.3 Å². The number of hydrogen-bond acceptors (Lipinski definition) is 3. The Hall–Kier alpha value is -1.81. The van der Waals surface area contributed by atoms with Gasteiger partial charge in [-0.25, -0.2) is 0 Å². The molecule has 1 unspecified atom stereocenters. The van der Waals surface area contributed by atoms with E-state index in [1.54, 1.807) is 13.2 Å². The predicted molar refractivity (Wildman–Crippen MR) is 92.0 cm³/mol. The fourth-order valence-electron chi connectivity index (χ4n) is 2.41. The maximum absolute atomic E-state index is 12.0. The van der Waals surface area contributed by atoms with Crippen LogP contribution in [0, 0.1) is 0 Å². The third-order valence-corrected chi connectivity index (χ3v) is 3.90. The first-order chi connectivity index (χ1) is 10.5. The largest absolute Gasteiger partial charge is 0.497 e. The molecule has 0 spiro atoms. The van der Waals surface area contributed by atoms with Gasteiger partial charge < -0.3 is 10.1 Å². The van der Waals surface area contributed by atoms with Gasteiger partial charge in [-0.2, -0.15) is 0 Å². The minimum Gasteiger partial charge on any atom is -0.497 e. The molecule has 0 aromatic heterocycles. The summed E-state index contributed by atoms with van der Waals surface area (Å²) < 4.78 is 5.14. The molecule has 1 amide bonds. The number of amides is 1. The molecular weight excluding hydrogens is 276 g/mol. The van der Waals surface area contributed by atoms with Crippen molar-refractivity contribution in [2.75, 3.05) is 26.7 Å². The summed E-state index contributed by atoms with van der Waals surface area (Å²) in [6, 6.07) is 8.04. The van der Waals surface area contributed by atoms with Crippen molar-refractivity contribution in [1.29, 1.82) is 0 Å². The molecule has 1 aromatic carbocycles. The van der Waals surface area contributed by atoms with Crippen LogP contribution < -0.4 is 10.1 Å². The summed E-state index contributed by atoms with van der Waals surface area (Å²) >= 11 is 0. The lowest BCUT2D eigenvalue weighted by atomic mass is 10.1. The summed E-state index contributed by atoms with van der Waals surface area (Å²) in [5, 5.41) is 2.97. The third-order valence-electron chi connectivity index (χ3n) is 3.90. The maximum Gasteiger partial charge on any atom is 0.244 e. The first kappa shape index (κ1) is 18.2. The molecule has 0 aliphatic heterocycles. The van der Waals surface area contributed by atoms with Crippen LogP contribution in [0.2, 0.25) is 0 Å². The molecule has 122 valence electrons. The van der Waals surface area contributed by atoms with Crippen LogP contribution in [0.4, 0.5) is 0 Å². The van der Waals surface area contributed by atoms with Gasteiger partial charge >= 0.3 is 0 Å². The van der Waals surface area contributed by atoms with E-state index in [0.717, 1.165) is 30.0 Å². The molecule has 0 bridgehead atoms. The van der Waals surface area contributed by atoms with Gasteiger partial charge in [-0.05, 0) is 50.2 Å². The van der Waals surface area contributed by atoms with E-state index in [2.05, 4.69) is 31.0 Å². The lowest BCUT2D eigenvalue weighted by Gasteiger charge is -2.26. The smallest absolute Gasteiger partial charge is 0.244 e. The van der Waals surface area contributed by atoms with Gasteiger partial charge in [0.15, 0.2) is 0 Å². The monoisotopic (exact) mass is 304 g/mol. The number of carbonyl (C=O) groups is 1. The highest BCUT2D eigenvalue weighted by Crippen LogP contribution is 2.17. The fourth-order valence-corrected chi connectivity index (χ4v) is 2.41. The van der Waals surface area contributed by atoms with E-state index < -0.39 is 0 Å². The molecule has 0 fully saturated rings. The fraction of sp³-hybridized carbons (Fsp3) is 0.500. The predicted octanol–water partition coefficient (Wildman–Crippen LogP) is 2.95. The number of nitrogens with one attached hydrogen (secondary N) is 1. The van der Waals surface area contributed by atoms with E-state index in [-0.39, 0.29) is 5.91 Å². The summed E-state index contributed by atoms with van der Waals surface area (Å²) in [5.41, 5.74) is 1.96. The van der Waals surface area contributed by atoms with Crippen molar-refractivity contribution in [3.63, 3.8) is 0 Å². The summed E-state index contributed by atoms with van der Waals surface area (Å²) in [5.74, 6) is 0.765. The van der Waals surface area contributed by atoms with Gasteiger partial charge in [-0.3, -0.25) is 9.69 Å². The van der Waals surface area contributed by atoms with E-state index in [1.165, 1.54) is 0 Å². The van der Waals surface area contributed by atoms with Crippen molar-refractivity contribution in [2.24, 2.45) is 0 Å². The molecule has 0 aliphatic carbocycles. The molecule has 1 N–H and O–H groups in total. The van der Waals surface area contributed by atoms with Crippen molar-refractivity contribution in [2.45, 2.75) is 33.7 Å². The second-order valence-corrected chi connectivity index (χ2v) is 5.37. The van der Waals surface area contributed by atoms with E-state index in [0.29, 0.717) is 12.6 Å². The van der Waals surface area contributed by atoms with Crippen molar-refractivity contribution in [3.05, 3.63) is 35.9 Å². The number of rotatable bonds is 8. The Morgan fingerprint density at radius 2 is 1.86 bits per heavy atom. The second-order valence-electron chi connectivity index (χ2n) is 5.37. The lowest BCUT2D eigenvalue weighted by molar-refractivity contribution is -0.116. The molecule has 4 nitrogen and oxygen atoms in total. The van der Waals surface area contributed by atoms with Crippen LogP contribution in [-0.2, 0) is 4.79 Å². The summed E-state index contributed by atoms with van der Waals surface area (Å²) in [6.45, 7) is 11.0. The molecule has 1 atom stereocenters. The van der Waals surface area contributed by atoms with E-state index in [1.807, 2.05) is 31.2 Å². The lowest BCUT2D eigenvalue weighted by Crippen LogP contribution is -2.41. The maximum atomic E-state index is 12.0. The highest BCUT2D eigenvalue weighted by Gasteiger charge is 2.10. The second kappa shape index (κ2) is 9.26. The van der Waals surface area contributed by atoms with E-state index >= 15 is 0 Å². The molecule has 0 saturated carbocycles. The molecule has 0 saturated heterocycles. The normalized spacial score (nSPS) is 13.1. The minimum atomic E-state index is -0.0488. The Kier molecular flexibility index (Phi) is 7.67. The van der Waals surface area contributed by atoms with Crippen molar-refractivity contribution >= 4 is 11.5 Å². The highest BCUT2D eigenvalue weighted by atomic mass is 16.5. The average Bonchev–Trinajstić information content (AvgIpc) is 2.54. The van der Waals surface area contributed by atoms with Crippen LogP contribution >= 0.6 is 0 Å². The number of nitrogens with zero attached hydrogens (tertiary/aromatic N) is 1. The van der Waals surface area contributed by atoms with E-state index in [9.17, 15) is 4.79 Å². The number of carbonyl (C=O) groups excluding carboxylic acids is 1. The zero-order valence-electron chi connectivity index (χ0n) is 14.3. The number of benzene rings is 1. The average molecular weight is 304 g/mol. The van der Waals surface area contributed by atoms with Gasteiger partial charge in [0.1, 0.15) is 5.75 Å². The number of methoxy groups -OCH3 is 1. The van der Waals surface area contributed by atoms with Crippen molar-refractivity contribution < 1.29 is 9.53 Å². The Morgan fingerprint density at radius 3 is 2.36 bits per heavy atom. The molecule has 1 rings (SSSR count). The van der Waals surface area contributed by atoms with Gasteiger partial charge in [0, 0.05) is 18.7 Å². The number of allylic oxidation sites excluding steroid dienone is 1. The Morgan fingerprint density at radius 1 is 1.27 bits per heavy atom. The van der Waals surface area contributed by atoms with E-state index in [4.69, 9.17) is 4.74 Å². The Labute approximate surface area is 134 Å². The summed E-state index contributed by atoms with van der Waals surface area (Å²) in [7, 11) is 1.64. The Bertz CT molecular complexity index is 490. The van der Waals surface area contributed by atoms with Crippen LogP contribution in [-0.4, -0.2) is 43.6 Å². The highest BCUT2D eigenvalue weighted by molar-refractivity contribution is 5.94. The third kappa shape index (κ3) is 5.53. The van der Waals surface area contributed by atoms with Gasteiger partial charge in [-0.15, -0.1) is 0 Å². The summed E-state index contributed by atoms with van der Waals surface area (Å²) in [6.07, 6.45) is 1.65. The van der Waals surface area contributed by atoms with Gasteiger partial charge in [0.2, 0.25) is 5.91 Å². The van der Waals surface area contributed by atoms with Crippen molar-refractivity contribution in [1.82, 2.24) is 10.2 Å². The van der Waals surface area contributed by atoms with Crippen LogP contribution in [0.3, 0.4) is 0 Å². The minimum absolute atomic E-state index is 0.0488. The summed E-state index contributed by atoms with van der Waals surface area (Å²) in [4.78, 5) is 14.3. The molecule has 0 heterocycles. The molecule has 0 aliphatic rings. The Balaban J connectivity index is 2.58.